The smallest absolute Gasteiger partial charge is 0.320 e. The fraction of sp³-hybridized carbons (Fsp3) is 0.917. The molecule has 0 aromatic heterocycles. The van der Waals surface area contributed by atoms with Crippen molar-refractivity contribution in [2.45, 2.75) is 53.1 Å². The van der Waals surface area contributed by atoms with Crippen LogP contribution in [-0.2, 0) is 9.53 Å². The Balaban J connectivity index is 3.64. The van der Waals surface area contributed by atoms with Gasteiger partial charge in [0.2, 0.25) is 0 Å². The van der Waals surface area contributed by atoms with Crippen LogP contribution in [0.1, 0.15) is 47.5 Å². The van der Waals surface area contributed by atoms with E-state index in [9.17, 15) is 4.79 Å². The van der Waals surface area contributed by atoms with Crippen LogP contribution in [0.2, 0.25) is 0 Å². The lowest BCUT2D eigenvalue weighted by atomic mass is 10.0. The summed E-state index contributed by atoms with van der Waals surface area (Å²) in [6.45, 7) is 11.2. The van der Waals surface area contributed by atoms with Gasteiger partial charge in [0.1, 0.15) is 5.60 Å². The molecule has 0 aromatic carbocycles. The van der Waals surface area contributed by atoms with Crippen LogP contribution in [0.15, 0.2) is 0 Å². The summed E-state index contributed by atoms with van der Waals surface area (Å²) in [6, 6.07) is 0. The van der Waals surface area contributed by atoms with Crippen LogP contribution in [0, 0.1) is 5.92 Å². The number of hydrogen-bond donors (Lipinski definition) is 1. The molecule has 0 saturated carbocycles. The lowest BCUT2D eigenvalue weighted by Crippen LogP contribution is -2.33. The Morgan fingerprint density at radius 3 is 2.20 bits per heavy atom. The van der Waals surface area contributed by atoms with Gasteiger partial charge in [-0.05, 0) is 33.2 Å². The molecule has 0 heterocycles. The van der Waals surface area contributed by atoms with Crippen molar-refractivity contribution in [3.05, 3.63) is 0 Å². The summed E-state index contributed by atoms with van der Waals surface area (Å²) in [5, 5.41) is 3.14. The Kier molecular flexibility index (Phi) is 6.57. The zero-order valence-corrected chi connectivity index (χ0v) is 10.7. The van der Waals surface area contributed by atoms with Crippen molar-refractivity contribution in [1.82, 2.24) is 5.32 Å². The highest BCUT2D eigenvalue weighted by Gasteiger charge is 2.15. The number of rotatable bonds is 6. The molecule has 0 spiro atoms. The van der Waals surface area contributed by atoms with Crippen molar-refractivity contribution in [3.8, 4) is 0 Å². The van der Waals surface area contributed by atoms with Gasteiger partial charge in [0, 0.05) is 0 Å². The van der Waals surface area contributed by atoms with Gasteiger partial charge in [-0.2, -0.15) is 0 Å². The molecule has 0 saturated heterocycles. The predicted molar refractivity (Wildman–Crippen MR) is 62.8 cm³/mol. The lowest BCUT2D eigenvalue weighted by Gasteiger charge is -2.20. The highest BCUT2D eigenvalue weighted by atomic mass is 16.6. The highest BCUT2D eigenvalue weighted by Crippen LogP contribution is 2.07. The van der Waals surface area contributed by atoms with Gasteiger partial charge in [0.25, 0.3) is 0 Å². The third-order valence-corrected chi connectivity index (χ3v) is 2.28. The van der Waals surface area contributed by atoms with Gasteiger partial charge in [-0.1, -0.05) is 26.7 Å². The molecule has 0 rings (SSSR count). The maximum absolute atomic E-state index is 11.3. The number of ether oxygens (including phenoxy) is 1. The fourth-order valence-electron chi connectivity index (χ4n) is 1.33. The summed E-state index contributed by atoms with van der Waals surface area (Å²) in [4.78, 5) is 11.3. The molecule has 0 aliphatic rings. The molecule has 0 amide bonds. The molecule has 1 N–H and O–H groups in total. The summed E-state index contributed by atoms with van der Waals surface area (Å²) in [5.74, 6) is 0.487. The number of carbonyl (C=O) groups is 1. The van der Waals surface area contributed by atoms with Gasteiger partial charge in [0.15, 0.2) is 0 Å². The largest absolute Gasteiger partial charge is 0.459 e. The van der Waals surface area contributed by atoms with E-state index in [0.29, 0.717) is 12.5 Å². The fourth-order valence-corrected chi connectivity index (χ4v) is 1.33. The lowest BCUT2D eigenvalue weighted by molar-refractivity contribution is -0.153. The van der Waals surface area contributed by atoms with Gasteiger partial charge in [-0.25, -0.2) is 0 Å². The molecule has 0 aliphatic heterocycles. The van der Waals surface area contributed by atoms with Crippen molar-refractivity contribution in [2.75, 3.05) is 13.1 Å². The van der Waals surface area contributed by atoms with Crippen LogP contribution in [-0.4, -0.2) is 24.7 Å². The summed E-state index contributed by atoms with van der Waals surface area (Å²) in [5.41, 5.74) is -0.381. The van der Waals surface area contributed by atoms with Gasteiger partial charge in [-0.15, -0.1) is 0 Å². The quantitative estimate of drug-likeness (QED) is 0.691. The van der Waals surface area contributed by atoms with Crippen LogP contribution in [0.3, 0.4) is 0 Å². The minimum Gasteiger partial charge on any atom is -0.459 e. The summed E-state index contributed by atoms with van der Waals surface area (Å²) >= 11 is 0. The molecular weight excluding hydrogens is 190 g/mol. The van der Waals surface area contributed by atoms with E-state index in [2.05, 4.69) is 19.2 Å². The first-order chi connectivity index (χ1) is 6.89. The number of carbonyl (C=O) groups excluding carboxylic acids is 1. The van der Waals surface area contributed by atoms with E-state index in [1.54, 1.807) is 0 Å². The van der Waals surface area contributed by atoms with Crippen molar-refractivity contribution in [2.24, 2.45) is 5.92 Å². The first kappa shape index (κ1) is 14.4. The molecule has 0 radical (unpaired) electrons. The predicted octanol–water partition coefficient (Wildman–Crippen LogP) is 2.35. The van der Waals surface area contributed by atoms with Gasteiger partial charge < -0.3 is 10.1 Å². The van der Waals surface area contributed by atoms with Crippen LogP contribution >= 0.6 is 0 Å². The zero-order valence-electron chi connectivity index (χ0n) is 10.7. The number of hydrogen-bond acceptors (Lipinski definition) is 3. The van der Waals surface area contributed by atoms with Crippen molar-refractivity contribution in [3.63, 3.8) is 0 Å². The second-order valence-electron chi connectivity index (χ2n) is 4.90. The molecule has 0 atom stereocenters. The average molecular weight is 215 g/mol. The minimum absolute atomic E-state index is 0.173. The van der Waals surface area contributed by atoms with Crippen LogP contribution in [0.25, 0.3) is 0 Å². The molecule has 0 bridgehead atoms. The monoisotopic (exact) mass is 215 g/mol. The first-order valence-electron chi connectivity index (χ1n) is 5.81. The van der Waals surface area contributed by atoms with E-state index in [1.165, 1.54) is 0 Å². The molecule has 90 valence electrons. The molecule has 3 heteroatoms. The summed E-state index contributed by atoms with van der Waals surface area (Å²) < 4.78 is 5.19. The van der Waals surface area contributed by atoms with E-state index >= 15 is 0 Å². The van der Waals surface area contributed by atoms with E-state index in [4.69, 9.17) is 4.74 Å². The number of nitrogens with one attached hydrogen (secondary N) is 1. The van der Waals surface area contributed by atoms with Gasteiger partial charge >= 0.3 is 5.97 Å². The summed E-state index contributed by atoms with van der Waals surface area (Å²) in [6.07, 6.45) is 2.30. The second-order valence-corrected chi connectivity index (χ2v) is 4.90. The minimum atomic E-state index is -0.381. The van der Waals surface area contributed by atoms with E-state index < -0.39 is 0 Å². The molecular formula is C12H25NO2. The molecule has 0 aliphatic carbocycles. The van der Waals surface area contributed by atoms with E-state index in [-0.39, 0.29) is 11.6 Å². The Morgan fingerprint density at radius 1 is 1.27 bits per heavy atom. The van der Waals surface area contributed by atoms with Gasteiger partial charge in [-0.3, -0.25) is 4.79 Å². The molecule has 0 unspecified atom stereocenters. The van der Waals surface area contributed by atoms with Crippen LogP contribution in [0.4, 0.5) is 0 Å². The first-order valence-corrected chi connectivity index (χ1v) is 5.81. The molecule has 0 fully saturated rings. The molecule has 0 aromatic rings. The Morgan fingerprint density at radius 2 is 1.80 bits per heavy atom. The van der Waals surface area contributed by atoms with Gasteiger partial charge in [0.05, 0.1) is 6.54 Å². The van der Waals surface area contributed by atoms with Crippen molar-refractivity contribution in [1.29, 1.82) is 0 Å². The summed E-state index contributed by atoms with van der Waals surface area (Å²) in [7, 11) is 0. The normalized spacial score (nSPS) is 11.9. The maximum Gasteiger partial charge on any atom is 0.320 e. The van der Waals surface area contributed by atoms with E-state index in [0.717, 1.165) is 19.4 Å². The van der Waals surface area contributed by atoms with Crippen molar-refractivity contribution < 1.29 is 9.53 Å². The van der Waals surface area contributed by atoms with Crippen LogP contribution < -0.4 is 5.32 Å². The third-order valence-electron chi connectivity index (χ3n) is 2.28. The Bertz CT molecular complexity index is 181. The molecule has 3 nitrogen and oxygen atoms in total. The van der Waals surface area contributed by atoms with Crippen molar-refractivity contribution >= 4 is 5.97 Å². The Hall–Kier alpha value is -0.570. The number of esters is 1. The van der Waals surface area contributed by atoms with E-state index in [1.807, 2.05) is 20.8 Å². The van der Waals surface area contributed by atoms with Crippen LogP contribution in [0.5, 0.6) is 0 Å². The molecule has 15 heavy (non-hydrogen) atoms. The average Bonchev–Trinajstić information content (AvgIpc) is 2.09. The Labute approximate surface area is 93.6 Å². The zero-order chi connectivity index (χ0) is 11.9. The standard InChI is InChI=1S/C12H25NO2/c1-6-10(7-2)8-13-9-11(14)15-12(3,4)5/h10,13H,6-9H2,1-5H3. The SMILES string of the molecule is CCC(CC)CNCC(=O)OC(C)(C)C. The second kappa shape index (κ2) is 6.83. The topological polar surface area (TPSA) is 38.3 Å². The third kappa shape index (κ3) is 8.43. The highest BCUT2D eigenvalue weighted by molar-refractivity contribution is 5.72. The maximum atomic E-state index is 11.3.